The molecule has 26 heavy (non-hydrogen) atoms. The first-order chi connectivity index (χ1) is 12.7. The van der Waals surface area contributed by atoms with Crippen molar-refractivity contribution < 1.29 is 9.47 Å². The predicted molar refractivity (Wildman–Crippen MR) is 104 cm³/mol. The Balaban J connectivity index is 1.83. The van der Waals surface area contributed by atoms with Gasteiger partial charge in [0.15, 0.2) is 11.6 Å². The van der Waals surface area contributed by atoms with E-state index in [9.17, 15) is 0 Å². The minimum Gasteiger partial charge on any atom is -0.490 e. The van der Waals surface area contributed by atoms with Crippen LogP contribution in [-0.4, -0.2) is 29.7 Å². The normalized spacial score (nSPS) is 9.73. The van der Waals surface area contributed by atoms with E-state index in [1.165, 1.54) is 0 Å². The van der Waals surface area contributed by atoms with Crippen LogP contribution >= 0.6 is 0 Å². The van der Waals surface area contributed by atoms with Gasteiger partial charge in [0.1, 0.15) is 19.0 Å². The average Bonchev–Trinajstić information content (AvgIpc) is 2.66. The molecule has 0 unspecified atom stereocenters. The third-order valence-corrected chi connectivity index (χ3v) is 3.38. The van der Waals surface area contributed by atoms with Gasteiger partial charge in [-0.3, -0.25) is 0 Å². The number of nitrogens with one attached hydrogen (secondary N) is 1. The summed E-state index contributed by atoms with van der Waals surface area (Å²) in [7, 11) is 0. The number of benzene rings is 1. The zero-order valence-electron chi connectivity index (χ0n) is 15.0. The first kappa shape index (κ1) is 19.1. The first-order valence-corrected chi connectivity index (χ1v) is 8.57. The van der Waals surface area contributed by atoms with Crippen LogP contribution < -0.4 is 20.5 Å². The van der Waals surface area contributed by atoms with Crippen molar-refractivity contribution in [1.29, 1.82) is 0 Å². The number of unbranched alkanes of at least 4 members (excludes halogenated alkanes) is 1. The molecule has 2 aromatic rings. The van der Waals surface area contributed by atoms with Crippen LogP contribution in [0.4, 0.5) is 11.8 Å². The number of hydrogen-bond donors (Lipinski definition) is 2. The van der Waals surface area contributed by atoms with E-state index in [-0.39, 0.29) is 5.95 Å². The molecule has 1 aromatic heterocycles. The molecular formula is C20H24N4O2. The maximum Gasteiger partial charge on any atom is 0.222 e. The van der Waals surface area contributed by atoms with E-state index in [0.717, 1.165) is 30.7 Å². The van der Waals surface area contributed by atoms with Gasteiger partial charge in [-0.2, -0.15) is 4.98 Å². The van der Waals surface area contributed by atoms with Gasteiger partial charge in [0.05, 0.1) is 6.20 Å². The fourth-order valence-electron chi connectivity index (χ4n) is 2.08. The van der Waals surface area contributed by atoms with Gasteiger partial charge >= 0.3 is 0 Å². The third kappa shape index (κ3) is 6.36. The summed E-state index contributed by atoms with van der Waals surface area (Å²) in [6.07, 6.45) is 5.27. The monoisotopic (exact) mass is 352 g/mol. The second kappa shape index (κ2) is 10.6. The molecule has 0 aliphatic rings. The molecule has 0 aliphatic heterocycles. The summed E-state index contributed by atoms with van der Waals surface area (Å²) < 4.78 is 11.4. The molecule has 6 heteroatoms. The fraction of sp³-hybridized carbons (Fsp3) is 0.300. The summed E-state index contributed by atoms with van der Waals surface area (Å²) in [4.78, 5) is 8.17. The van der Waals surface area contributed by atoms with Crippen molar-refractivity contribution in [3.63, 3.8) is 0 Å². The van der Waals surface area contributed by atoms with Crippen LogP contribution in [0.2, 0.25) is 0 Å². The number of hydrogen-bond acceptors (Lipinski definition) is 6. The number of aromatic nitrogens is 2. The van der Waals surface area contributed by atoms with Crippen LogP contribution in [0.3, 0.4) is 0 Å². The van der Waals surface area contributed by atoms with Gasteiger partial charge in [0, 0.05) is 12.1 Å². The number of anilines is 2. The lowest BCUT2D eigenvalue weighted by Gasteiger charge is -2.12. The summed E-state index contributed by atoms with van der Waals surface area (Å²) in [5.41, 5.74) is 6.56. The molecule has 6 nitrogen and oxygen atoms in total. The lowest BCUT2D eigenvalue weighted by atomic mass is 10.2. The number of allylic oxidation sites excluding steroid dienone is 1. The van der Waals surface area contributed by atoms with Crippen molar-refractivity contribution in [2.75, 3.05) is 30.8 Å². The summed E-state index contributed by atoms with van der Waals surface area (Å²) in [6.45, 7) is 7.27. The van der Waals surface area contributed by atoms with E-state index in [0.29, 0.717) is 24.8 Å². The molecule has 0 aliphatic carbocycles. The Kier molecular flexibility index (Phi) is 7.81. The summed E-state index contributed by atoms with van der Waals surface area (Å²) in [5, 5.41) is 3.22. The molecule has 3 N–H and O–H groups in total. The van der Waals surface area contributed by atoms with Crippen LogP contribution in [0.15, 0.2) is 43.1 Å². The lowest BCUT2D eigenvalue weighted by Crippen LogP contribution is -2.12. The molecule has 0 amide bonds. The fourth-order valence-corrected chi connectivity index (χ4v) is 2.08. The summed E-state index contributed by atoms with van der Waals surface area (Å²) in [5.74, 6) is 7.91. The van der Waals surface area contributed by atoms with E-state index in [2.05, 4.69) is 40.6 Å². The van der Waals surface area contributed by atoms with Crippen molar-refractivity contribution in [1.82, 2.24) is 9.97 Å². The number of nitrogen functional groups attached to an aromatic ring is 1. The Labute approximate surface area is 154 Å². The van der Waals surface area contributed by atoms with Crippen LogP contribution in [0.1, 0.15) is 25.3 Å². The van der Waals surface area contributed by atoms with Crippen LogP contribution in [0.25, 0.3) is 0 Å². The van der Waals surface area contributed by atoms with Gasteiger partial charge in [-0.25, -0.2) is 4.98 Å². The molecule has 0 saturated carbocycles. The van der Waals surface area contributed by atoms with Crippen molar-refractivity contribution in [2.24, 2.45) is 0 Å². The Bertz CT molecular complexity index is 764. The topological polar surface area (TPSA) is 82.3 Å². The highest BCUT2D eigenvalue weighted by atomic mass is 16.5. The van der Waals surface area contributed by atoms with Crippen LogP contribution in [0, 0.1) is 11.8 Å². The molecule has 1 aromatic carbocycles. The van der Waals surface area contributed by atoms with E-state index in [1.54, 1.807) is 12.3 Å². The third-order valence-electron chi connectivity index (χ3n) is 3.38. The van der Waals surface area contributed by atoms with Crippen molar-refractivity contribution in [3.8, 4) is 23.3 Å². The molecule has 136 valence electrons. The SMILES string of the molecule is C=CC#Cc1ccc(OCCOc2cnc(N)nc2NCCCC)cc1. The van der Waals surface area contributed by atoms with Crippen LogP contribution in [0.5, 0.6) is 11.5 Å². The van der Waals surface area contributed by atoms with Gasteiger partial charge in [0.2, 0.25) is 5.95 Å². The maximum absolute atomic E-state index is 5.72. The van der Waals surface area contributed by atoms with Gasteiger partial charge in [-0.05, 0) is 36.8 Å². The maximum atomic E-state index is 5.72. The molecule has 1 heterocycles. The number of ether oxygens (including phenoxy) is 2. The second-order valence-corrected chi connectivity index (χ2v) is 5.42. The average molecular weight is 352 g/mol. The highest BCUT2D eigenvalue weighted by Gasteiger charge is 2.07. The van der Waals surface area contributed by atoms with Gasteiger partial charge in [-0.15, -0.1) is 0 Å². The van der Waals surface area contributed by atoms with E-state index in [4.69, 9.17) is 15.2 Å². The van der Waals surface area contributed by atoms with E-state index < -0.39 is 0 Å². The number of nitrogens with zero attached hydrogens (tertiary/aromatic N) is 2. The highest BCUT2D eigenvalue weighted by Crippen LogP contribution is 2.21. The molecule has 0 spiro atoms. The van der Waals surface area contributed by atoms with Crippen LogP contribution in [-0.2, 0) is 0 Å². The Morgan fingerprint density at radius 1 is 1.23 bits per heavy atom. The largest absolute Gasteiger partial charge is 0.490 e. The Hall–Kier alpha value is -3.20. The smallest absolute Gasteiger partial charge is 0.222 e. The second-order valence-electron chi connectivity index (χ2n) is 5.42. The Morgan fingerprint density at radius 3 is 2.73 bits per heavy atom. The molecule has 0 fully saturated rings. The highest BCUT2D eigenvalue weighted by molar-refractivity contribution is 5.51. The summed E-state index contributed by atoms with van der Waals surface area (Å²) in [6, 6.07) is 7.54. The molecule has 0 radical (unpaired) electrons. The van der Waals surface area contributed by atoms with Crippen molar-refractivity contribution >= 4 is 11.8 Å². The minimum absolute atomic E-state index is 0.215. The number of nitrogens with two attached hydrogens (primary N) is 1. The molecule has 0 saturated heterocycles. The minimum atomic E-state index is 0.215. The molecule has 2 rings (SSSR count). The van der Waals surface area contributed by atoms with Crippen molar-refractivity contribution in [2.45, 2.75) is 19.8 Å². The van der Waals surface area contributed by atoms with Gasteiger partial charge in [-0.1, -0.05) is 31.8 Å². The lowest BCUT2D eigenvalue weighted by molar-refractivity contribution is 0.217. The number of rotatable bonds is 9. The molecule has 0 bridgehead atoms. The van der Waals surface area contributed by atoms with Crippen molar-refractivity contribution in [3.05, 3.63) is 48.7 Å². The first-order valence-electron chi connectivity index (χ1n) is 8.57. The predicted octanol–water partition coefficient (Wildman–Crippen LogP) is 3.27. The zero-order chi connectivity index (χ0) is 18.6. The molecule has 0 atom stereocenters. The quantitative estimate of drug-likeness (QED) is 0.532. The van der Waals surface area contributed by atoms with E-state index in [1.807, 2.05) is 24.3 Å². The zero-order valence-corrected chi connectivity index (χ0v) is 15.0. The Morgan fingerprint density at radius 2 is 2.00 bits per heavy atom. The van der Waals surface area contributed by atoms with E-state index >= 15 is 0 Å². The molecular weight excluding hydrogens is 328 g/mol. The van der Waals surface area contributed by atoms with Gasteiger partial charge < -0.3 is 20.5 Å². The van der Waals surface area contributed by atoms with Gasteiger partial charge in [0.25, 0.3) is 0 Å². The summed E-state index contributed by atoms with van der Waals surface area (Å²) >= 11 is 0. The standard InChI is InChI=1S/C20H24N4O2/c1-3-5-7-16-8-10-17(11-9-16)25-13-14-26-18-15-23-20(21)24-19(18)22-12-6-4-2/h3,8-11,15H,1,4,6,12-14H2,2H3,(H3,21,22,23,24).